The van der Waals surface area contributed by atoms with Gasteiger partial charge in [0.15, 0.2) is 0 Å². The van der Waals surface area contributed by atoms with Crippen LogP contribution in [0.15, 0.2) is 30.3 Å². The number of nitrogens with zero attached hydrogens (tertiary/aromatic N) is 1. The molecule has 0 spiro atoms. The van der Waals surface area contributed by atoms with Crippen LogP contribution in [0.3, 0.4) is 0 Å². The van der Waals surface area contributed by atoms with Gasteiger partial charge in [-0.3, -0.25) is 0 Å². The summed E-state index contributed by atoms with van der Waals surface area (Å²) in [6.45, 7) is 1.92. The summed E-state index contributed by atoms with van der Waals surface area (Å²) >= 11 is 0. The van der Waals surface area contributed by atoms with E-state index in [-0.39, 0.29) is 24.3 Å². The van der Waals surface area contributed by atoms with Crippen LogP contribution >= 0.6 is 0 Å². The number of benzene rings is 1. The molecule has 5 heteroatoms. The number of hydrogen-bond acceptors (Lipinski definition) is 3. The van der Waals surface area contributed by atoms with Crippen molar-refractivity contribution in [1.29, 1.82) is 0 Å². The topological polar surface area (TPSA) is 61.8 Å². The summed E-state index contributed by atoms with van der Waals surface area (Å²) < 4.78 is 5.83. The molecule has 2 aliphatic rings. The highest BCUT2D eigenvalue weighted by molar-refractivity contribution is 5.74. The molecule has 132 valence electrons. The number of urea groups is 1. The zero-order chi connectivity index (χ0) is 16.8. The van der Waals surface area contributed by atoms with Crippen LogP contribution < -0.4 is 5.32 Å². The zero-order valence-corrected chi connectivity index (χ0v) is 14.2. The number of carbonyl (C=O) groups excluding carboxylic acids is 1. The molecule has 1 aromatic rings. The van der Waals surface area contributed by atoms with E-state index in [2.05, 4.69) is 29.6 Å². The average Bonchev–Trinajstić information content (AvgIpc) is 2.63. The van der Waals surface area contributed by atoms with Crippen LogP contribution in [0.25, 0.3) is 0 Å². The number of aryl methyl sites for hydroxylation is 1. The van der Waals surface area contributed by atoms with Crippen molar-refractivity contribution >= 4 is 6.03 Å². The molecule has 1 aliphatic carbocycles. The number of aliphatic hydroxyl groups is 1. The van der Waals surface area contributed by atoms with Crippen molar-refractivity contribution in [3.8, 4) is 0 Å². The van der Waals surface area contributed by atoms with E-state index in [1.54, 1.807) is 0 Å². The van der Waals surface area contributed by atoms with Crippen LogP contribution in [0, 0.1) is 0 Å². The molecule has 1 saturated carbocycles. The smallest absolute Gasteiger partial charge is 0.317 e. The number of nitrogens with one attached hydrogen (secondary N) is 1. The predicted octanol–water partition coefficient (Wildman–Crippen LogP) is 2.33. The number of carbonyl (C=O) groups is 1. The van der Waals surface area contributed by atoms with E-state index >= 15 is 0 Å². The standard InChI is InChI=1S/C19H28N2O3/c22-17-9-7-16(8-10-17)20-19(23)21-12-13-24-18(14-21)11-6-15-4-2-1-3-5-15/h1-5,16-18,22H,6-14H2,(H,20,23)/t16?,17?,18-/m1/s1. The van der Waals surface area contributed by atoms with Gasteiger partial charge in [-0.05, 0) is 44.1 Å². The van der Waals surface area contributed by atoms with Crippen molar-refractivity contribution in [1.82, 2.24) is 10.2 Å². The molecule has 1 aliphatic heterocycles. The first-order valence-electron chi connectivity index (χ1n) is 9.10. The summed E-state index contributed by atoms with van der Waals surface area (Å²) in [6.07, 6.45) is 5.14. The second kappa shape index (κ2) is 8.49. The van der Waals surface area contributed by atoms with Crippen LogP contribution in [0.1, 0.15) is 37.7 Å². The molecule has 2 amide bonds. The number of aliphatic hydroxyl groups excluding tert-OH is 1. The van der Waals surface area contributed by atoms with Crippen LogP contribution in [-0.4, -0.2) is 54.0 Å². The van der Waals surface area contributed by atoms with Gasteiger partial charge in [0.05, 0.1) is 18.8 Å². The molecule has 0 aromatic heterocycles. The van der Waals surface area contributed by atoms with Gasteiger partial charge in [-0.15, -0.1) is 0 Å². The summed E-state index contributed by atoms with van der Waals surface area (Å²) in [5.41, 5.74) is 1.31. The highest BCUT2D eigenvalue weighted by Gasteiger charge is 2.27. The van der Waals surface area contributed by atoms with Gasteiger partial charge >= 0.3 is 6.03 Å². The van der Waals surface area contributed by atoms with Crippen molar-refractivity contribution in [2.45, 2.75) is 56.8 Å². The quantitative estimate of drug-likeness (QED) is 0.889. The van der Waals surface area contributed by atoms with E-state index < -0.39 is 0 Å². The van der Waals surface area contributed by atoms with Crippen molar-refractivity contribution < 1.29 is 14.6 Å². The second-order valence-corrected chi connectivity index (χ2v) is 6.92. The van der Waals surface area contributed by atoms with E-state index in [0.29, 0.717) is 19.7 Å². The minimum absolute atomic E-state index is 0.0180. The maximum absolute atomic E-state index is 12.5. The number of rotatable bonds is 4. The van der Waals surface area contributed by atoms with E-state index in [0.717, 1.165) is 38.5 Å². The van der Waals surface area contributed by atoms with Gasteiger partial charge in [0.25, 0.3) is 0 Å². The molecule has 2 fully saturated rings. The van der Waals surface area contributed by atoms with Crippen molar-refractivity contribution in [2.24, 2.45) is 0 Å². The van der Waals surface area contributed by atoms with Gasteiger partial charge in [0.2, 0.25) is 0 Å². The molecule has 0 bridgehead atoms. The predicted molar refractivity (Wildman–Crippen MR) is 92.9 cm³/mol. The minimum Gasteiger partial charge on any atom is -0.393 e. The highest BCUT2D eigenvalue weighted by atomic mass is 16.5. The Morgan fingerprint density at radius 1 is 1.21 bits per heavy atom. The zero-order valence-electron chi connectivity index (χ0n) is 14.2. The first-order chi connectivity index (χ1) is 11.7. The molecule has 0 unspecified atom stereocenters. The summed E-state index contributed by atoms with van der Waals surface area (Å²) in [5.74, 6) is 0. The molecule has 1 saturated heterocycles. The number of ether oxygens (including phenoxy) is 1. The van der Waals surface area contributed by atoms with Crippen LogP contribution in [0.5, 0.6) is 0 Å². The Labute approximate surface area is 144 Å². The van der Waals surface area contributed by atoms with Crippen molar-refractivity contribution in [3.05, 3.63) is 35.9 Å². The molecule has 5 nitrogen and oxygen atoms in total. The Balaban J connectivity index is 1.43. The summed E-state index contributed by atoms with van der Waals surface area (Å²) in [5, 5.41) is 12.7. The fourth-order valence-electron chi connectivity index (χ4n) is 3.54. The maximum atomic E-state index is 12.5. The van der Waals surface area contributed by atoms with Gasteiger partial charge in [0, 0.05) is 19.1 Å². The molecular weight excluding hydrogens is 304 g/mol. The molecule has 1 aromatic carbocycles. The fraction of sp³-hybridized carbons (Fsp3) is 0.632. The molecular formula is C19H28N2O3. The SMILES string of the molecule is O=C(NC1CCC(O)CC1)N1CCO[C@H](CCc2ccccc2)C1. The van der Waals surface area contributed by atoms with Gasteiger partial charge in [-0.25, -0.2) is 4.79 Å². The average molecular weight is 332 g/mol. The number of hydrogen-bond donors (Lipinski definition) is 2. The summed E-state index contributed by atoms with van der Waals surface area (Å²) in [4.78, 5) is 14.3. The lowest BCUT2D eigenvalue weighted by molar-refractivity contribution is -0.0182. The molecule has 24 heavy (non-hydrogen) atoms. The molecule has 0 radical (unpaired) electrons. The van der Waals surface area contributed by atoms with Gasteiger partial charge in [0.1, 0.15) is 0 Å². The first kappa shape index (κ1) is 17.2. The lowest BCUT2D eigenvalue weighted by atomic mass is 9.93. The lowest BCUT2D eigenvalue weighted by Gasteiger charge is -2.35. The number of amides is 2. The van der Waals surface area contributed by atoms with Gasteiger partial charge in [-0.1, -0.05) is 30.3 Å². The summed E-state index contributed by atoms with van der Waals surface area (Å²) in [6, 6.07) is 10.6. The van der Waals surface area contributed by atoms with Crippen LogP contribution in [0.2, 0.25) is 0 Å². The molecule has 1 heterocycles. The van der Waals surface area contributed by atoms with E-state index in [1.165, 1.54) is 5.56 Å². The maximum Gasteiger partial charge on any atom is 0.317 e. The molecule has 1 atom stereocenters. The monoisotopic (exact) mass is 332 g/mol. The Kier molecular flexibility index (Phi) is 6.10. The van der Waals surface area contributed by atoms with Gasteiger partial charge in [-0.2, -0.15) is 0 Å². The lowest BCUT2D eigenvalue weighted by Crippen LogP contribution is -2.52. The number of morpholine rings is 1. The molecule has 2 N–H and O–H groups in total. The normalized spacial score (nSPS) is 27.7. The van der Waals surface area contributed by atoms with E-state index in [9.17, 15) is 9.90 Å². The van der Waals surface area contributed by atoms with Crippen molar-refractivity contribution in [2.75, 3.05) is 19.7 Å². The first-order valence-corrected chi connectivity index (χ1v) is 9.10. The van der Waals surface area contributed by atoms with Crippen LogP contribution in [-0.2, 0) is 11.2 Å². The largest absolute Gasteiger partial charge is 0.393 e. The second-order valence-electron chi connectivity index (χ2n) is 6.92. The Bertz CT molecular complexity index is 515. The van der Waals surface area contributed by atoms with Crippen molar-refractivity contribution in [3.63, 3.8) is 0 Å². The minimum atomic E-state index is -0.191. The third kappa shape index (κ3) is 4.95. The third-order valence-corrected chi connectivity index (χ3v) is 5.05. The van der Waals surface area contributed by atoms with E-state index in [1.807, 2.05) is 11.0 Å². The Hall–Kier alpha value is -1.59. The Morgan fingerprint density at radius 2 is 1.96 bits per heavy atom. The van der Waals surface area contributed by atoms with Gasteiger partial charge < -0.3 is 20.1 Å². The third-order valence-electron chi connectivity index (χ3n) is 5.05. The summed E-state index contributed by atoms with van der Waals surface area (Å²) in [7, 11) is 0. The Morgan fingerprint density at radius 3 is 2.71 bits per heavy atom. The van der Waals surface area contributed by atoms with E-state index in [4.69, 9.17) is 4.74 Å². The van der Waals surface area contributed by atoms with Crippen LogP contribution in [0.4, 0.5) is 4.79 Å². The molecule has 3 rings (SSSR count). The highest BCUT2D eigenvalue weighted by Crippen LogP contribution is 2.19. The fourth-order valence-corrected chi connectivity index (χ4v) is 3.54.